The largest absolute Gasteiger partial charge is 0.512 e. The van der Waals surface area contributed by atoms with Gasteiger partial charge >= 0.3 is 11.9 Å². The predicted molar refractivity (Wildman–Crippen MR) is 137 cm³/mol. The average Bonchev–Trinajstić information content (AvgIpc) is 2.58. The molecule has 0 aromatic rings. The van der Waals surface area contributed by atoms with E-state index in [1.54, 1.807) is 0 Å². The Morgan fingerprint density at radius 2 is 1.61 bits per heavy atom. The monoisotopic (exact) mass is 482 g/mol. The van der Waals surface area contributed by atoms with Crippen molar-refractivity contribution >= 4 is 20.3 Å². The van der Waals surface area contributed by atoms with Crippen LogP contribution < -0.4 is 0 Å². The Labute approximate surface area is 201 Å². The quantitative estimate of drug-likeness (QED) is 0.128. The van der Waals surface area contributed by atoms with Crippen molar-refractivity contribution in [3.05, 3.63) is 35.1 Å². The van der Waals surface area contributed by atoms with E-state index < -0.39 is 32.3 Å². The molecule has 0 fully saturated rings. The number of hydrogen-bond acceptors (Lipinski definition) is 5. The van der Waals surface area contributed by atoms with E-state index in [4.69, 9.17) is 9.16 Å². The van der Waals surface area contributed by atoms with Crippen LogP contribution in [0.1, 0.15) is 81.1 Å². The maximum absolute atomic E-state index is 12.0. The van der Waals surface area contributed by atoms with Gasteiger partial charge in [0.15, 0.2) is 8.32 Å². The zero-order valence-electron chi connectivity index (χ0n) is 22.3. The first-order valence-corrected chi connectivity index (χ1v) is 14.6. The molecule has 0 radical (unpaired) electrons. The zero-order valence-corrected chi connectivity index (χ0v) is 23.3. The van der Waals surface area contributed by atoms with E-state index in [9.17, 15) is 19.8 Å². The molecular formula is C26H46O6Si. The van der Waals surface area contributed by atoms with Crippen LogP contribution in [0.3, 0.4) is 0 Å². The van der Waals surface area contributed by atoms with Crippen molar-refractivity contribution in [2.24, 2.45) is 5.92 Å². The van der Waals surface area contributed by atoms with E-state index >= 15 is 0 Å². The van der Waals surface area contributed by atoms with Crippen LogP contribution in [0.4, 0.5) is 0 Å². The number of carboxylic acids is 1. The molecule has 0 rings (SSSR count). The van der Waals surface area contributed by atoms with Crippen LogP contribution in [0.25, 0.3) is 0 Å². The molecule has 0 aromatic carbocycles. The zero-order chi connectivity index (χ0) is 26.0. The summed E-state index contributed by atoms with van der Waals surface area (Å²) in [5.41, 5.74) is 2.32. The molecule has 6 nitrogen and oxygen atoms in total. The second kappa shape index (κ2) is 13.7. The summed E-state index contributed by atoms with van der Waals surface area (Å²) in [6, 6.07) is 0. The van der Waals surface area contributed by atoms with Crippen LogP contribution in [-0.4, -0.2) is 42.7 Å². The first-order valence-electron chi connectivity index (χ1n) is 11.7. The molecule has 0 bridgehead atoms. The predicted octanol–water partition coefficient (Wildman–Crippen LogP) is 6.94. The molecule has 3 unspecified atom stereocenters. The maximum Gasteiger partial charge on any atom is 0.310 e. The highest BCUT2D eigenvalue weighted by Crippen LogP contribution is 2.37. The topological polar surface area (TPSA) is 93.1 Å². The lowest BCUT2D eigenvalue weighted by Crippen LogP contribution is -2.43. The van der Waals surface area contributed by atoms with Gasteiger partial charge in [0.2, 0.25) is 0 Å². The maximum atomic E-state index is 12.0. The highest BCUT2D eigenvalue weighted by molar-refractivity contribution is 6.74. The second-order valence-corrected chi connectivity index (χ2v) is 15.4. The smallest absolute Gasteiger partial charge is 0.310 e. The number of carbonyl (C=O) groups excluding carboxylic acids is 1. The number of hydrogen-bond donors (Lipinski definition) is 2. The van der Waals surface area contributed by atoms with Crippen molar-refractivity contribution in [2.75, 3.05) is 0 Å². The summed E-state index contributed by atoms with van der Waals surface area (Å²) in [5, 5.41) is 20.4. The van der Waals surface area contributed by atoms with Crippen LogP contribution >= 0.6 is 0 Å². The summed E-state index contributed by atoms with van der Waals surface area (Å²) in [6.45, 7) is 19.9. The van der Waals surface area contributed by atoms with Gasteiger partial charge in [0.1, 0.15) is 12.0 Å². The number of allylic oxidation sites excluding steroid dienone is 4. The Morgan fingerprint density at radius 3 is 2.06 bits per heavy atom. The Kier molecular flexibility index (Phi) is 13.0. The van der Waals surface area contributed by atoms with Crippen molar-refractivity contribution in [3.63, 3.8) is 0 Å². The van der Waals surface area contributed by atoms with Gasteiger partial charge in [-0.2, -0.15) is 0 Å². The minimum atomic E-state index is -2.01. The van der Waals surface area contributed by atoms with E-state index in [1.807, 2.05) is 33.8 Å². The van der Waals surface area contributed by atoms with Gasteiger partial charge in [-0.05, 0) is 71.2 Å². The van der Waals surface area contributed by atoms with Crippen molar-refractivity contribution < 1.29 is 29.0 Å². The molecule has 2 N–H and O–H groups in total. The summed E-state index contributed by atoms with van der Waals surface area (Å²) in [6.07, 6.45) is 6.19. The average molecular weight is 483 g/mol. The molecule has 0 amide bonds. The van der Waals surface area contributed by atoms with Crippen LogP contribution in [-0.2, 0) is 18.8 Å². The molecule has 190 valence electrons. The normalized spacial score (nSPS) is 16.1. The number of aliphatic hydroxyl groups is 1. The molecule has 3 atom stereocenters. The standard InChI is InChI=1S/C26H46O6Si/c1-18(2)12-11-13-19(3)14-15-23(25(29)30)24(31-21(5)27)17-22(28)16-20(4)32-33(9,10)26(6,7)8/h12,14,17,20,23-24,28H,11,13,15-16H2,1-10H3,(H,29,30)/b19-14+,22-17-. The summed E-state index contributed by atoms with van der Waals surface area (Å²) >= 11 is 0. The molecule has 33 heavy (non-hydrogen) atoms. The van der Waals surface area contributed by atoms with E-state index in [1.165, 1.54) is 18.6 Å². The lowest BCUT2D eigenvalue weighted by Gasteiger charge is -2.38. The molecule has 0 aliphatic rings. The van der Waals surface area contributed by atoms with Gasteiger partial charge in [-0.15, -0.1) is 0 Å². The molecule has 0 aromatic heterocycles. The van der Waals surface area contributed by atoms with E-state index in [2.05, 4.69) is 39.9 Å². The van der Waals surface area contributed by atoms with Gasteiger partial charge < -0.3 is 19.4 Å². The molecule has 0 aliphatic carbocycles. The molecular weight excluding hydrogens is 436 g/mol. The summed E-state index contributed by atoms with van der Waals surface area (Å²) in [4.78, 5) is 23.6. The van der Waals surface area contributed by atoms with Crippen molar-refractivity contribution in [1.82, 2.24) is 0 Å². The van der Waals surface area contributed by atoms with Gasteiger partial charge in [0.05, 0.1) is 5.76 Å². The Morgan fingerprint density at radius 1 is 1.03 bits per heavy atom. The Bertz CT molecular complexity index is 738. The van der Waals surface area contributed by atoms with Gasteiger partial charge in [-0.1, -0.05) is 44.1 Å². The van der Waals surface area contributed by atoms with Gasteiger partial charge in [0, 0.05) is 19.4 Å². The number of carbonyl (C=O) groups is 2. The third kappa shape index (κ3) is 12.8. The second-order valence-electron chi connectivity index (χ2n) is 10.7. The number of ether oxygens (including phenoxy) is 1. The SMILES string of the molecule is CC(=O)OC(/C=C(\O)CC(C)O[Si](C)(C)C(C)(C)C)C(C/C=C(\C)CCC=C(C)C)C(=O)O. The van der Waals surface area contributed by atoms with Crippen molar-refractivity contribution in [3.8, 4) is 0 Å². The fraction of sp³-hybridized carbons (Fsp3) is 0.692. The minimum absolute atomic E-state index is 0.0328. The number of rotatable bonds is 13. The number of aliphatic hydroxyl groups excluding tert-OH is 1. The van der Waals surface area contributed by atoms with E-state index in [-0.39, 0.29) is 29.7 Å². The van der Waals surface area contributed by atoms with Crippen molar-refractivity contribution in [1.29, 1.82) is 0 Å². The van der Waals surface area contributed by atoms with Gasteiger partial charge in [-0.3, -0.25) is 9.59 Å². The van der Waals surface area contributed by atoms with Gasteiger partial charge in [0.25, 0.3) is 0 Å². The molecule has 0 aliphatic heterocycles. The number of aliphatic carboxylic acids is 1. The third-order valence-corrected chi connectivity index (χ3v) is 10.6. The van der Waals surface area contributed by atoms with E-state index in [0.29, 0.717) is 0 Å². The highest BCUT2D eigenvalue weighted by Gasteiger charge is 2.38. The molecule has 0 saturated carbocycles. The Hall–Kier alpha value is -1.86. The molecule has 0 heterocycles. The van der Waals surface area contributed by atoms with Crippen LogP contribution in [0, 0.1) is 5.92 Å². The summed E-state index contributed by atoms with van der Waals surface area (Å²) < 4.78 is 11.6. The van der Waals surface area contributed by atoms with E-state index in [0.717, 1.165) is 18.4 Å². The fourth-order valence-electron chi connectivity index (χ4n) is 3.09. The van der Waals surface area contributed by atoms with Crippen LogP contribution in [0.15, 0.2) is 35.1 Å². The fourth-order valence-corrected chi connectivity index (χ4v) is 4.53. The molecule has 7 heteroatoms. The first kappa shape index (κ1) is 31.1. The molecule has 0 saturated heterocycles. The van der Waals surface area contributed by atoms with Crippen molar-refractivity contribution in [2.45, 2.75) is 111 Å². The van der Waals surface area contributed by atoms with Gasteiger partial charge in [-0.25, -0.2) is 0 Å². The lowest BCUT2D eigenvalue weighted by molar-refractivity contribution is -0.153. The highest BCUT2D eigenvalue weighted by atomic mass is 28.4. The minimum Gasteiger partial charge on any atom is -0.512 e. The number of carboxylic acid groups (broad SMARTS) is 1. The van der Waals surface area contributed by atoms with Crippen LogP contribution in [0.5, 0.6) is 0 Å². The lowest BCUT2D eigenvalue weighted by atomic mass is 9.95. The summed E-state index contributed by atoms with van der Waals surface area (Å²) in [5.74, 6) is -2.71. The number of esters is 1. The van der Waals surface area contributed by atoms with Crippen LogP contribution in [0.2, 0.25) is 18.1 Å². The summed E-state index contributed by atoms with van der Waals surface area (Å²) in [7, 11) is -2.01. The first-order chi connectivity index (χ1) is 15.0. The Balaban J connectivity index is 5.49. The third-order valence-electron chi connectivity index (χ3n) is 5.98. The molecule has 0 spiro atoms.